The van der Waals surface area contributed by atoms with Crippen molar-refractivity contribution >= 4 is 11.8 Å². The predicted octanol–water partition coefficient (Wildman–Crippen LogP) is 4.52. The molecule has 1 aromatic heterocycles. The van der Waals surface area contributed by atoms with Gasteiger partial charge in [0, 0.05) is 31.6 Å². The maximum absolute atomic E-state index is 13.0. The number of aryl methyl sites for hydroxylation is 1. The van der Waals surface area contributed by atoms with E-state index in [1.54, 1.807) is 0 Å². The number of morpholine rings is 1. The number of carbonyl (C=O) groups is 1. The molecule has 0 aliphatic carbocycles. The molecule has 1 aliphatic heterocycles. The molecule has 1 amide bonds. The van der Waals surface area contributed by atoms with Crippen molar-refractivity contribution in [3.63, 3.8) is 0 Å². The first kappa shape index (κ1) is 22.3. The van der Waals surface area contributed by atoms with Crippen LogP contribution < -0.4 is 4.90 Å². The molecule has 0 atom stereocenters. The number of carbonyl (C=O) groups excluding carboxylic acids is 1. The van der Waals surface area contributed by atoms with Crippen LogP contribution in [0.25, 0.3) is 11.3 Å². The van der Waals surface area contributed by atoms with E-state index in [-0.39, 0.29) is 5.91 Å². The van der Waals surface area contributed by atoms with Crippen molar-refractivity contribution in [3.8, 4) is 11.3 Å². The summed E-state index contributed by atoms with van der Waals surface area (Å²) in [6, 6.07) is 8.28. The second-order valence-electron chi connectivity index (χ2n) is 9.05. The minimum atomic E-state index is 0.183. The van der Waals surface area contributed by atoms with Gasteiger partial charge in [0.25, 0.3) is 0 Å². The Labute approximate surface area is 180 Å². The molecule has 164 valence electrons. The van der Waals surface area contributed by atoms with Crippen LogP contribution in [-0.4, -0.2) is 48.8 Å². The number of benzene rings is 1. The van der Waals surface area contributed by atoms with Crippen LogP contribution in [0, 0.1) is 18.8 Å². The third-order valence-electron chi connectivity index (χ3n) is 5.23. The number of anilines is 1. The van der Waals surface area contributed by atoms with Gasteiger partial charge in [0.1, 0.15) is 5.69 Å². The van der Waals surface area contributed by atoms with E-state index in [4.69, 9.17) is 9.26 Å². The van der Waals surface area contributed by atoms with Crippen molar-refractivity contribution in [1.29, 1.82) is 0 Å². The largest absolute Gasteiger partial charge is 0.378 e. The first-order valence-corrected chi connectivity index (χ1v) is 11.0. The van der Waals surface area contributed by atoms with Gasteiger partial charge in [0.15, 0.2) is 0 Å². The van der Waals surface area contributed by atoms with Gasteiger partial charge in [-0.3, -0.25) is 4.79 Å². The van der Waals surface area contributed by atoms with Crippen molar-refractivity contribution in [2.24, 2.45) is 11.8 Å². The summed E-state index contributed by atoms with van der Waals surface area (Å²) < 4.78 is 11.4. The highest BCUT2D eigenvalue weighted by molar-refractivity contribution is 5.77. The van der Waals surface area contributed by atoms with E-state index < -0.39 is 0 Å². The number of amides is 1. The predicted molar refractivity (Wildman–Crippen MR) is 119 cm³/mol. The molecule has 0 saturated carbocycles. The summed E-state index contributed by atoms with van der Waals surface area (Å²) in [6.07, 6.45) is 0.546. The van der Waals surface area contributed by atoms with Gasteiger partial charge in [0.2, 0.25) is 11.8 Å². The summed E-state index contributed by atoms with van der Waals surface area (Å²) in [5.74, 6) is 1.66. The van der Waals surface area contributed by atoms with E-state index in [1.807, 2.05) is 11.0 Å². The molecular weight excluding hydrogens is 378 g/mol. The van der Waals surface area contributed by atoms with Crippen LogP contribution in [0.2, 0.25) is 0 Å². The lowest BCUT2D eigenvalue weighted by atomic mass is 10.0. The molecule has 6 nitrogen and oxygen atoms in total. The van der Waals surface area contributed by atoms with Crippen LogP contribution in [0.5, 0.6) is 0 Å². The van der Waals surface area contributed by atoms with Crippen molar-refractivity contribution in [1.82, 2.24) is 10.1 Å². The molecule has 0 N–H and O–H groups in total. The van der Waals surface area contributed by atoms with E-state index in [1.165, 1.54) is 5.56 Å². The van der Waals surface area contributed by atoms with Gasteiger partial charge >= 0.3 is 0 Å². The van der Waals surface area contributed by atoms with Gasteiger partial charge in [-0.2, -0.15) is 0 Å². The summed E-state index contributed by atoms with van der Waals surface area (Å²) in [4.78, 5) is 17.2. The Balaban J connectivity index is 1.99. The molecule has 0 bridgehead atoms. The summed E-state index contributed by atoms with van der Waals surface area (Å²) in [5, 5.41) is 4.46. The molecule has 1 aromatic carbocycles. The number of aromatic nitrogens is 1. The summed E-state index contributed by atoms with van der Waals surface area (Å²) in [6.45, 7) is 14.6. The average Bonchev–Trinajstić information content (AvgIpc) is 3.11. The number of nitrogens with zero attached hydrogens (tertiary/aromatic N) is 3. The standard InChI is InChI=1S/C24H35N3O3/c1-17(2)13-22(28)27(15-18(3)4)16-21-23(20-8-6-7-19(5)14-20)25-30-24(21)26-9-11-29-12-10-26/h6-8,14,17-18H,9-13,15-16H2,1-5H3. The van der Waals surface area contributed by atoms with Crippen LogP contribution in [0.15, 0.2) is 28.8 Å². The highest BCUT2D eigenvalue weighted by Gasteiger charge is 2.27. The van der Waals surface area contributed by atoms with E-state index in [2.05, 4.69) is 62.9 Å². The minimum absolute atomic E-state index is 0.183. The second kappa shape index (κ2) is 10.1. The minimum Gasteiger partial charge on any atom is -0.378 e. The van der Waals surface area contributed by atoms with Crippen LogP contribution in [0.1, 0.15) is 45.2 Å². The molecule has 2 aromatic rings. The number of ether oxygens (including phenoxy) is 1. The average molecular weight is 414 g/mol. The lowest BCUT2D eigenvalue weighted by Gasteiger charge is -2.29. The van der Waals surface area contributed by atoms with Crippen LogP contribution in [0.3, 0.4) is 0 Å². The Morgan fingerprint density at radius 2 is 1.90 bits per heavy atom. The van der Waals surface area contributed by atoms with Crippen LogP contribution >= 0.6 is 0 Å². The topological polar surface area (TPSA) is 58.8 Å². The van der Waals surface area contributed by atoms with E-state index in [9.17, 15) is 4.79 Å². The van der Waals surface area contributed by atoms with E-state index >= 15 is 0 Å². The zero-order valence-corrected chi connectivity index (χ0v) is 19.0. The summed E-state index contributed by atoms with van der Waals surface area (Å²) in [7, 11) is 0. The zero-order chi connectivity index (χ0) is 21.7. The normalized spacial score (nSPS) is 14.6. The molecule has 2 heterocycles. The number of hydrogen-bond donors (Lipinski definition) is 0. The molecule has 0 spiro atoms. The van der Waals surface area contributed by atoms with Gasteiger partial charge < -0.3 is 19.1 Å². The van der Waals surface area contributed by atoms with Crippen molar-refractivity contribution in [3.05, 3.63) is 35.4 Å². The molecule has 3 rings (SSSR count). The summed E-state index contributed by atoms with van der Waals surface area (Å²) >= 11 is 0. The molecule has 1 fully saturated rings. The molecule has 0 radical (unpaired) electrons. The molecule has 1 saturated heterocycles. The van der Waals surface area contributed by atoms with Gasteiger partial charge in [-0.25, -0.2) is 0 Å². The fraction of sp³-hybridized carbons (Fsp3) is 0.583. The van der Waals surface area contributed by atoms with Gasteiger partial charge in [-0.15, -0.1) is 0 Å². The van der Waals surface area contributed by atoms with Crippen molar-refractivity contribution in [2.75, 3.05) is 37.7 Å². The lowest BCUT2D eigenvalue weighted by Crippen LogP contribution is -2.38. The highest BCUT2D eigenvalue weighted by Crippen LogP contribution is 2.33. The first-order chi connectivity index (χ1) is 14.3. The summed E-state index contributed by atoms with van der Waals surface area (Å²) in [5.41, 5.74) is 4.00. The Bertz CT molecular complexity index is 838. The maximum atomic E-state index is 13.0. The SMILES string of the molecule is Cc1cccc(-c2noc(N3CCOCC3)c2CN(CC(C)C)C(=O)CC(C)C)c1. The number of rotatable bonds is 8. The monoisotopic (exact) mass is 413 g/mol. The van der Waals surface area contributed by atoms with Gasteiger partial charge in [0.05, 0.1) is 25.3 Å². The third kappa shape index (κ3) is 5.63. The molecule has 6 heteroatoms. The molecular formula is C24H35N3O3. The maximum Gasteiger partial charge on any atom is 0.233 e. The Morgan fingerprint density at radius 1 is 1.17 bits per heavy atom. The second-order valence-corrected chi connectivity index (χ2v) is 9.05. The van der Waals surface area contributed by atoms with Crippen LogP contribution in [-0.2, 0) is 16.1 Å². The zero-order valence-electron chi connectivity index (χ0n) is 19.0. The van der Waals surface area contributed by atoms with Crippen molar-refractivity contribution in [2.45, 2.75) is 47.6 Å². The molecule has 30 heavy (non-hydrogen) atoms. The van der Waals surface area contributed by atoms with Crippen LogP contribution in [0.4, 0.5) is 5.88 Å². The Morgan fingerprint density at radius 3 is 2.53 bits per heavy atom. The number of hydrogen-bond acceptors (Lipinski definition) is 5. The fourth-order valence-electron chi connectivity index (χ4n) is 3.84. The molecule has 1 aliphatic rings. The van der Waals surface area contributed by atoms with E-state index in [0.717, 1.165) is 35.8 Å². The highest BCUT2D eigenvalue weighted by atomic mass is 16.5. The Hall–Kier alpha value is -2.34. The van der Waals surface area contributed by atoms with E-state index in [0.29, 0.717) is 44.6 Å². The smallest absolute Gasteiger partial charge is 0.233 e. The quantitative estimate of drug-likeness (QED) is 0.637. The fourth-order valence-corrected chi connectivity index (χ4v) is 3.84. The van der Waals surface area contributed by atoms with Gasteiger partial charge in [-0.05, 0) is 24.8 Å². The molecule has 0 unspecified atom stereocenters. The van der Waals surface area contributed by atoms with Gasteiger partial charge in [-0.1, -0.05) is 56.6 Å². The third-order valence-corrected chi connectivity index (χ3v) is 5.23. The lowest BCUT2D eigenvalue weighted by molar-refractivity contribution is -0.133. The van der Waals surface area contributed by atoms with Crippen molar-refractivity contribution < 1.29 is 14.1 Å². The Kier molecular flexibility index (Phi) is 7.53. The first-order valence-electron chi connectivity index (χ1n) is 11.0.